The first-order valence-electron chi connectivity index (χ1n) is 5.32. The lowest BCUT2D eigenvalue weighted by molar-refractivity contribution is 0.112. The molecule has 0 aliphatic rings. The maximum absolute atomic E-state index is 11.0. The van der Waals surface area contributed by atoms with Gasteiger partial charge < -0.3 is 10.0 Å². The molecule has 1 rings (SSSR count). The van der Waals surface area contributed by atoms with Gasteiger partial charge in [0.25, 0.3) is 0 Å². The van der Waals surface area contributed by atoms with Gasteiger partial charge in [-0.05, 0) is 11.5 Å². The molecule has 0 spiro atoms. The second-order valence-electron chi connectivity index (χ2n) is 4.80. The Hall–Kier alpha value is -1.35. The van der Waals surface area contributed by atoms with Crippen LogP contribution in [-0.2, 0) is 0 Å². The van der Waals surface area contributed by atoms with Crippen molar-refractivity contribution in [2.24, 2.45) is 0 Å². The van der Waals surface area contributed by atoms with Gasteiger partial charge in [-0.1, -0.05) is 37.7 Å². The summed E-state index contributed by atoms with van der Waals surface area (Å²) in [6, 6.07) is 4.88. The van der Waals surface area contributed by atoms with Gasteiger partial charge in [-0.15, -0.1) is 5.54 Å². The average molecular weight is 246 g/mol. The van der Waals surface area contributed by atoms with Crippen LogP contribution in [0.25, 0.3) is 0 Å². The lowest BCUT2D eigenvalue weighted by Crippen LogP contribution is -2.33. The molecule has 0 atom stereocenters. The van der Waals surface area contributed by atoms with Crippen LogP contribution in [0.5, 0.6) is 0 Å². The van der Waals surface area contributed by atoms with Gasteiger partial charge in [0.15, 0.2) is 6.29 Å². The maximum Gasteiger partial charge on any atom is 0.489 e. The summed E-state index contributed by atoms with van der Waals surface area (Å²) in [5.41, 5.74) is 4.15. The number of benzene rings is 1. The average Bonchev–Trinajstić information content (AvgIpc) is 2.24. The Kier molecular flexibility index (Phi) is 4.29. The Morgan fingerprint density at radius 3 is 2.41 bits per heavy atom. The summed E-state index contributed by atoms with van der Waals surface area (Å²) in [5.74, 6) is 2.96. The number of rotatable bonds is 2. The summed E-state index contributed by atoms with van der Waals surface area (Å²) in [7, 11) is -3.17. The van der Waals surface area contributed by atoms with E-state index in [0.29, 0.717) is 11.8 Å². The van der Waals surface area contributed by atoms with Crippen LogP contribution in [0.3, 0.4) is 0 Å². The molecule has 1 aromatic rings. The van der Waals surface area contributed by atoms with Crippen molar-refractivity contribution in [3.8, 4) is 11.5 Å². The van der Waals surface area contributed by atoms with Gasteiger partial charge in [-0.25, -0.2) is 0 Å². The van der Waals surface area contributed by atoms with E-state index in [1.54, 1.807) is 12.1 Å². The SMILES string of the molecule is C[Si](C)(C)C#Cc1cccc(B(O)O)c1C=O. The molecule has 0 saturated carbocycles. The molecule has 0 amide bonds. The first-order chi connectivity index (χ1) is 7.85. The fraction of sp³-hybridized carbons (Fsp3) is 0.250. The molecule has 0 unspecified atom stereocenters. The molecular formula is C12H15BO3Si. The Labute approximate surface area is 103 Å². The van der Waals surface area contributed by atoms with Crippen molar-refractivity contribution in [1.82, 2.24) is 0 Å². The molecule has 0 radical (unpaired) electrons. The van der Waals surface area contributed by atoms with E-state index in [1.165, 1.54) is 6.07 Å². The number of carbonyl (C=O) groups is 1. The summed E-state index contributed by atoms with van der Waals surface area (Å²) in [4.78, 5) is 11.0. The lowest BCUT2D eigenvalue weighted by Gasteiger charge is -2.07. The molecule has 0 aliphatic heterocycles. The summed E-state index contributed by atoms with van der Waals surface area (Å²) in [6.07, 6.45) is 0.614. The molecule has 0 fully saturated rings. The molecule has 5 heteroatoms. The van der Waals surface area contributed by atoms with E-state index in [9.17, 15) is 4.79 Å². The van der Waals surface area contributed by atoms with E-state index in [4.69, 9.17) is 10.0 Å². The van der Waals surface area contributed by atoms with Crippen molar-refractivity contribution in [2.45, 2.75) is 19.6 Å². The third-order valence-electron chi connectivity index (χ3n) is 2.11. The summed E-state index contributed by atoms with van der Waals surface area (Å²) in [5, 5.41) is 18.3. The molecule has 0 bridgehead atoms. The van der Waals surface area contributed by atoms with E-state index in [-0.39, 0.29) is 11.0 Å². The van der Waals surface area contributed by atoms with Gasteiger partial charge in [0.05, 0.1) is 0 Å². The van der Waals surface area contributed by atoms with E-state index in [0.717, 1.165) is 0 Å². The third-order valence-corrected chi connectivity index (χ3v) is 2.98. The molecular weight excluding hydrogens is 231 g/mol. The fourth-order valence-electron chi connectivity index (χ4n) is 1.30. The first kappa shape index (κ1) is 13.7. The zero-order valence-electron chi connectivity index (χ0n) is 10.2. The molecule has 88 valence electrons. The Morgan fingerprint density at radius 2 is 1.94 bits per heavy atom. The first-order valence-corrected chi connectivity index (χ1v) is 8.82. The van der Waals surface area contributed by atoms with Crippen molar-refractivity contribution in [3.63, 3.8) is 0 Å². The topological polar surface area (TPSA) is 57.5 Å². The number of hydrogen-bond acceptors (Lipinski definition) is 3. The van der Waals surface area contributed by atoms with E-state index < -0.39 is 15.2 Å². The van der Waals surface area contributed by atoms with Crippen LogP contribution in [-0.4, -0.2) is 31.5 Å². The van der Waals surface area contributed by atoms with Gasteiger partial charge in [0, 0.05) is 11.1 Å². The Morgan fingerprint density at radius 1 is 1.29 bits per heavy atom. The molecule has 3 nitrogen and oxygen atoms in total. The summed E-state index contributed by atoms with van der Waals surface area (Å²) >= 11 is 0. The highest BCUT2D eigenvalue weighted by Crippen LogP contribution is 2.05. The second kappa shape index (κ2) is 5.32. The molecule has 1 aromatic carbocycles. The fourth-order valence-corrected chi connectivity index (χ4v) is 1.81. The van der Waals surface area contributed by atoms with Gasteiger partial charge in [-0.3, -0.25) is 4.79 Å². The molecule has 0 aromatic heterocycles. The lowest BCUT2D eigenvalue weighted by atomic mass is 9.76. The highest BCUT2D eigenvalue weighted by molar-refractivity contribution is 6.83. The monoisotopic (exact) mass is 246 g/mol. The van der Waals surface area contributed by atoms with E-state index in [2.05, 4.69) is 31.1 Å². The van der Waals surface area contributed by atoms with Crippen LogP contribution in [0.2, 0.25) is 19.6 Å². The van der Waals surface area contributed by atoms with Crippen LogP contribution in [0.15, 0.2) is 18.2 Å². The molecule has 0 saturated heterocycles. The van der Waals surface area contributed by atoms with Crippen LogP contribution in [0, 0.1) is 11.5 Å². The van der Waals surface area contributed by atoms with Crippen LogP contribution in [0.4, 0.5) is 0 Å². The Balaban J connectivity index is 3.29. The predicted octanol–water partition coefficient (Wildman–Crippen LogP) is 0.408. The highest BCUT2D eigenvalue weighted by atomic mass is 28.3. The van der Waals surface area contributed by atoms with Crippen molar-refractivity contribution < 1.29 is 14.8 Å². The molecule has 17 heavy (non-hydrogen) atoms. The molecule has 0 aliphatic carbocycles. The summed E-state index contributed by atoms with van der Waals surface area (Å²) in [6.45, 7) is 6.31. The number of carbonyl (C=O) groups excluding carboxylic acids is 1. The Bertz CT molecular complexity index is 481. The third kappa shape index (κ3) is 3.86. The second-order valence-corrected chi connectivity index (χ2v) is 9.55. The van der Waals surface area contributed by atoms with E-state index in [1.807, 2.05) is 0 Å². The normalized spacial score (nSPS) is 10.4. The molecule has 0 heterocycles. The minimum atomic E-state index is -1.65. The van der Waals surface area contributed by atoms with Gasteiger partial charge >= 0.3 is 7.12 Å². The van der Waals surface area contributed by atoms with E-state index >= 15 is 0 Å². The predicted molar refractivity (Wildman–Crippen MR) is 71.9 cm³/mol. The van der Waals surface area contributed by atoms with Crippen molar-refractivity contribution in [1.29, 1.82) is 0 Å². The number of aldehydes is 1. The molecule has 2 N–H and O–H groups in total. The van der Waals surface area contributed by atoms with Gasteiger partial charge in [-0.2, -0.15) is 0 Å². The van der Waals surface area contributed by atoms with Crippen LogP contribution >= 0.6 is 0 Å². The minimum Gasteiger partial charge on any atom is -0.423 e. The van der Waals surface area contributed by atoms with Crippen molar-refractivity contribution >= 4 is 26.9 Å². The number of hydrogen-bond donors (Lipinski definition) is 2. The summed E-state index contributed by atoms with van der Waals surface area (Å²) < 4.78 is 0. The zero-order valence-corrected chi connectivity index (χ0v) is 11.2. The quantitative estimate of drug-likeness (QED) is 0.451. The van der Waals surface area contributed by atoms with Crippen LogP contribution in [0.1, 0.15) is 15.9 Å². The van der Waals surface area contributed by atoms with Gasteiger partial charge in [0.2, 0.25) is 0 Å². The smallest absolute Gasteiger partial charge is 0.423 e. The van der Waals surface area contributed by atoms with Gasteiger partial charge in [0.1, 0.15) is 8.07 Å². The standard InChI is InChI=1S/C12H15BO3Si/c1-17(2,3)8-7-10-5-4-6-12(13(15)16)11(10)9-14/h4-6,9,15-16H,1-3H3. The van der Waals surface area contributed by atoms with Crippen molar-refractivity contribution in [2.75, 3.05) is 0 Å². The largest absolute Gasteiger partial charge is 0.489 e. The maximum atomic E-state index is 11.0. The zero-order chi connectivity index (χ0) is 13.1. The minimum absolute atomic E-state index is 0.197. The highest BCUT2D eigenvalue weighted by Gasteiger charge is 2.17. The van der Waals surface area contributed by atoms with Crippen molar-refractivity contribution in [3.05, 3.63) is 29.3 Å². The van der Waals surface area contributed by atoms with Crippen LogP contribution < -0.4 is 5.46 Å².